The number of fused-ring (bicyclic) bond motifs is 2. The Labute approximate surface area is 286 Å². The highest BCUT2D eigenvalue weighted by Crippen LogP contribution is 2.42. The number of nitrogens with one attached hydrogen (secondary N) is 1. The Kier molecular flexibility index (Phi) is 9.09. The lowest BCUT2D eigenvalue weighted by atomic mass is 10.2. The van der Waals surface area contributed by atoms with E-state index < -0.39 is 0 Å². The molecule has 1 N–H and O–H groups in total. The normalized spacial score (nSPS) is 11.4. The van der Waals surface area contributed by atoms with Gasteiger partial charge in [-0.25, -0.2) is 4.98 Å². The van der Waals surface area contributed by atoms with Crippen LogP contribution in [0.4, 0.5) is 5.69 Å². The molecule has 45 heavy (non-hydrogen) atoms. The first-order valence-electron chi connectivity index (χ1n) is 13.2. The Bertz CT molecular complexity index is 2180. The number of nitrogens with zero attached hydrogens (tertiary/aromatic N) is 3. The standard InChI is InChI=1S/C32H20Br3ClN4O5/c1-43-25-14-18(28(34)29(35)30(25)44-16-27(41)38-21-9-7-20(36)8-10-21)15-37-40-31(39-23-5-3-2-4-22(23)32(40)42)26-13-17-12-19(33)6-11-24(17)45-26/h2-15H,16H2,1H3,(H,38,41). The Hall–Kier alpha value is -3.97. The summed E-state index contributed by atoms with van der Waals surface area (Å²) < 4.78 is 20.6. The van der Waals surface area contributed by atoms with Crippen molar-refractivity contribution in [3.05, 3.63) is 113 Å². The second-order valence-corrected chi connectivity index (χ2v) is 12.5. The first-order valence-corrected chi connectivity index (χ1v) is 16.0. The fourth-order valence-electron chi connectivity index (χ4n) is 4.49. The van der Waals surface area contributed by atoms with E-state index in [9.17, 15) is 9.59 Å². The van der Waals surface area contributed by atoms with E-state index in [0.29, 0.717) is 59.0 Å². The molecule has 0 bridgehead atoms. The molecular weight excluding hydrogens is 796 g/mol. The monoisotopic (exact) mass is 812 g/mol. The Morgan fingerprint density at radius 3 is 2.60 bits per heavy atom. The molecule has 0 radical (unpaired) electrons. The average molecular weight is 816 g/mol. The highest BCUT2D eigenvalue weighted by molar-refractivity contribution is 9.13. The van der Waals surface area contributed by atoms with Crippen LogP contribution in [0, 0.1) is 0 Å². The third-order valence-corrected chi connectivity index (χ3v) is 9.50. The molecule has 1 amide bonds. The fourth-order valence-corrected chi connectivity index (χ4v) is 5.93. The van der Waals surface area contributed by atoms with Gasteiger partial charge in [0, 0.05) is 30.6 Å². The summed E-state index contributed by atoms with van der Waals surface area (Å²) in [5.41, 5.74) is 1.91. The average Bonchev–Trinajstić information content (AvgIpc) is 3.46. The highest BCUT2D eigenvalue weighted by atomic mass is 79.9. The lowest BCUT2D eigenvalue weighted by Crippen LogP contribution is -2.20. The van der Waals surface area contributed by atoms with Crippen molar-refractivity contribution in [1.82, 2.24) is 9.66 Å². The zero-order valence-electron chi connectivity index (χ0n) is 23.2. The van der Waals surface area contributed by atoms with Crippen LogP contribution in [0.5, 0.6) is 11.5 Å². The van der Waals surface area contributed by atoms with Crippen molar-refractivity contribution in [2.24, 2.45) is 5.10 Å². The molecule has 0 unspecified atom stereocenters. The van der Waals surface area contributed by atoms with Gasteiger partial charge in [-0.15, -0.1) is 0 Å². The number of hydrogen-bond acceptors (Lipinski definition) is 7. The predicted octanol–water partition coefficient (Wildman–Crippen LogP) is 8.66. The number of rotatable bonds is 8. The van der Waals surface area contributed by atoms with E-state index in [0.717, 1.165) is 9.86 Å². The lowest BCUT2D eigenvalue weighted by molar-refractivity contribution is -0.118. The molecule has 0 aliphatic carbocycles. The number of hydrogen-bond donors (Lipinski definition) is 1. The molecule has 2 heterocycles. The molecule has 0 aliphatic heterocycles. The van der Waals surface area contributed by atoms with Gasteiger partial charge in [0.2, 0.25) is 5.82 Å². The van der Waals surface area contributed by atoms with Gasteiger partial charge >= 0.3 is 0 Å². The number of carbonyl (C=O) groups excluding carboxylic acids is 1. The summed E-state index contributed by atoms with van der Waals surface area (Å²) in [6.07, 6.45) is 1.50. The van der Waals surface area contributed by atoms with Crippen LogP contribution in [0.15, 0.2) is 107 Å². The molecule has 9 nitrogen and oxygen atoms in total. The van der Waals surface area contributed by atoms with Gasteiger partial charge < -0.3 is 19.2 Å². The van der Waals surface area contributed by atoms with Gasteiger partial charge in [0.15, 0.2) is 23.9 Å². The maximum Gasteiger partial charge on any atom is 0.282 e. The van der Waals surface area contributed by atoms with Gasteiger partial charge in [-0.05, 0) is 98.6 Å². The minimum absolute atomic E-state index is 0.232. The van der Waals surface area contributed by atoms with Crippen LogP contribution >= 0.6 is 59.4 Å². The third kappa shape index (κ3) is 6.55. The molecule has 0 atom stereocenters. The van der Waals surface area contributed by atoms with Gasteiger partial charge in [0.05, 0.1) is 28.7 Å². The molecule has 6 aromatic rings. The van der Waals surface area contributed by atoms with E-state index in [4.69, 9.17) is 30.5 Å². The van der Waals surface area contributed by atoms with Crippen molar-refractivity contribution in [2.45, 2.75) is 0 Å². The van der Waals surface area contributed by atoms with Crippen molar-refractivity contribution in [2.75, 3.05) is 19.0 Å². The van der Waals surface area contributed by atoms with Gasteiger partial charge in [-0.2, -0.15) is 9.78 Å². The first kappa shape index (κ1) is 31.0. The van der Waals surface area contributed by atoms with E-state index >= 15 is 0 Å². The summed E-state index contributed by atoms with van der Waals surface area (Å²) in [5.74, 6) is 0.864. The molecular formula is C32H20Br3ClN4O5. The van der Waals surface area contributed by atoms with Gasteiger partial charge in [-0.1, -0.05) is 39.7 Å². The van der Waals surface area contributed by atoms with Crippen molar-refractivity contribution < 1.29 is 18.7 Å². The maximum atomic E-state index is 13.7. The minimum atomic E-state index is -0.373. The number of para-hydroxylation sites is 1. The molecule has 4 aromatic carbocycles. The van der Waals surface area contributed by atoms with Crippen LogP contribution in [0.1, 0.15) is 5.56 Å². The summed E-state index contributed by atoms with van der Waals surface area (Å²) in [7, 11) is 1.48. The summed E-state index contributed by atoms with van der Waals surface area (Å²) in [4.78, 5) is 31.0. The summed E-state index contributed by atoms with van der Waals surface area (Å²) in [6.45, 7) is -0.285. The van der Waals surface area contributed by atoms with Crippen LogP contribution in [0.3, 0.4) is 0 Å². The Morgan fingerprint density at radius 2 is 1.82 bits per heavy atom. The number of ether oxygens (including phenoxy) is 2. The quantitative estimate of drug-likeness (QED) is 0.154. The van der Waals surface area contributed by atoms with Gasteiger partial charge in [0.25, 0.3) is 11.5 Å². The number of furan rings is 1. The second kappa shape index (κ2) is 13.2. The van der Waals surface area contributed by atoms with E-state index in [1.165, 1.54) is 18.0 Å². The number of carbonyl (C=O) groups is 1. The van der Waals surface area contributed by atoms with E-state index in [1.54, 1.807) is 48.5 Å². The minimum Gasteiger partial charge on any atom is -0.493 e. The van der Waals surface area contributed by atoms with Gasteiger partial charge in [0.1, 0.15) is 5.58 Å². The number of aromatic nitrogens is 2. The highest BCUT2D eigenvalue weighted by Gasteiger charge is 2.20. The largest absolute Gasteiger partial charge is 0.493 e. The molecule has 0 saturated carbocycles. The summed E-state index contributed by atoms with van der Waals surface area (Å²) >= 11 is 16.5. The van der Waals surface area contributed by atoms with Gasteiger partial charge in [-0.3, -0.25) is 9.59 Å². The van der Waals surface area contributed by atoms with Crippen LogP contribution < -0.4 is 20.3 Å². The van der Waals surface area contributed by atoms with Crippen LogP contribution in [0.2, 0.25) is 5.02 Å². The second-order valence-electron chi connectivity index (χ2n) is 9.58. The number of benzene rings is 4. The van der Waals surface area contributed by atoms with Crippen molar-refractivity contribution in [3.63, 3.8) is 0 Å². The van der Waals surface area contributed by atoms with E-state index in [-0.39, 0.29) is 23.9 Å². The lowest BCUT2D eigenvalue weighted by Gasteiger charge is -2.15. The molecule has 0 saturated heterocycles. The summed E-state index contributed by atoms with van der Waals surface area (Å²) in [5, 5.41) is 9.10. The first-order chi connectivity index (χ1) is 21.7. The van der Waals surface area contributed by atoms with Crippen LogP contribution in [-0.4, -0.2) is 35.5 Å². The smallest absolute Gasteiger partial charge is 0.282 e. The molecule has 0 fully saturated rings. The zero-order chi connectivity index (χ0) is 31.7. The van der Waals surface area contributed by atoms with Crippen molar-refractivity contribution in [1.29, 1.82) is 0 Å². The summed E-state index contributed by atoms with van der Waals surface area (Å²) in [6, 6.07) is 22.9. The number of amides is 1. The van der Waals surface area contributed by atoms with E-state index in [2.05, 4.69) is 58.2 Å². The SMILES string of the molecule is COc1cc(C=Nn2c(-c3cc4cc(Br)ccc4o3)nc3ccccc3c2=O)c(Br)c(Br)c1OCC(=O)Nc1ccc(Cl)cc1. The number of halogens is 4. The van der Waals surface area contributed by atoms with Crippen molar-refractivity contribution >= 4 is 99.1 Å². The van der Waals surface area contributed by atoms with Crippen LogP contribution in [-0.2, 0) is 4.79 Å². The Balaban J connectivity index is 1.34. The molecule has 0 aliphatic rings. The Morgan fingerprint density at radius 1 is 1.04 bits per heavy atom. The topological polar surface area (TPSA) is 108 Å². The number of methoxy groups -OCH3 is 1. The molecule has 2 aromatic heterocycles. The van der Waals surface area contributed by atoms with Crippen molar-refractivity contribution in [3.8, 4) is 23.1 Å². The number of anilines is 1. The maximum absolute atomic E-state index is 13.7. The fraction of sp³-hybridized carbons (Fsp3) is 0.0625. The van der Waals surface area contributed by atoms with E-state index in [1.807, 2.05) is 30.3 Å². The third-order valence-electron chi connectivity index (χ3n) is 6.62. The molecule has 6 rings (SSSR count). The molecule has 0 spiro atoms. The molecule has 13 heteroatoms. The van der Waals surface area contributed by atoms with Crippen LogP contribution in [0.25, 0.3) is 33.5 Å². The zero-order valence-corrected chi connectivity index (χ0v) is 28.7. The predicted molar refractivity (Wildman–Crippen MR) is 186 cm³/mol. The molecule has 226 valence electrons.